The van der Waals surface area contributed by atoms with E-state index in [-0.39, 0.29) is 12.0 Å². The zero-order valence-corrected chi connectivity index (χ0v) is 10.3. The molecule has 0 aromatic carbocycles. The zero-order chi connectivity index (χ0) is 11.7. The highest BCUT2D eigenvalue weighted by atomic mass is 16.5. The molecule has 0 heterocycles. The summed E-state index contributed by atoms with van der Waals surface area (Å²) >= 11 is 0. The molecule has 2 atom stereocenters. The van der Waals surface area contributed by atoms with Gasteiger partial charge in [0.25, 0.3) is 0 Å². The van der Waals surface area contributed by atoms with Crippen LogP contribution < -0.4 is 5.73 Å². The largest absolute Gasteiger partial charge is 0.465 e. The van der Waals surface area contributed by atoms with Gasteiger partial charge in [-0.05, 0) is 18.8 Å². The maximum absolute atomic E-state index is 11.3. The molecule has 0 aliphatic heterocycles. The highest BCUT2D eigenvalue weighted by Crippen LogP contribution is 2.07. The molecule has 15 heavy (non-hydrogen) atoms. The minimum Gasteiger partial charge on any atom is -0.465 e. The third-order valence-electron chi connectivity index (χ3n) is 2.40. The Morgan fingerprint density at radius 2 is 1.87 bits per heavy atom. The van der Waals surface area contributed by atoms with Crippen molar-refractivity contribution in [1.82, 2.24) is 0 Å². The molecule has 0 rings (SSSR count). The van der Waals surface area contributed by atoms with Crippen LogP contribution in [0.1, 0.15) is 52.9 Å². The van der Waals surface area contributed by atoms with Crippen LogP contribution in [-0.2, 0) is 9.53 Å². The van der Waals surface area contributed by atoms with Gasteiger partial charge in [0.15, 0.2) is 0 Å². The summed E-state index contributed by atoms with van der Waals surface area (Å²) in [5.74, 6) is 0.306. The summed E-state index contributed by atoms with van der Waals surface area (Å²) in [4.78, 5) is 11.3. The summed E-state index contributed by atoms with van der Waals surface area (Å²) in [6.07, 6.45) is 4.50. The van der Waals surface area contributed by atoms with Crippen molar-refractivity contribution in [2.45, 2.75) is 58.9 Å². The highest BCUT2D eigenvalue weighted by molar-refractivity contribution is 5.70. The van der Waals surface area contributed by atoms with Crippen molar-refractivity contribution < 1.29 is 9.53 Å². The SMILES string of the molecule is CCCC(C)COC(=O)CC(N)CCC. The van der Waals surface area contributed by atoms with Crippen LogP contribution in [-0.4, -0.2) is 18.6 Å². The van der Waals surface area contributed by atoms with E-state index in [0.717, 1.165) is 25.7 Å². The fraction of sp³-hybridized carbons (Fsp3) is 0.917. The average Bonchev–Trinajstić information content (AvgIpc) is 2.15. The minimum atomic E-state index is -0.154. The van der Waals surface area contributed by atoms with E-state index in [2.05, 4.69) is 20.8 Å². The highest BCUT2D eigenvalue weighted by Gasteiger charge is 2.11. The second-order valence-corrected chi connectivity index (χ2v) is 4.33. The monoisotopic (exact) mass is 215 g/mol. The summed E-state index contributed by atoms with van der Waals surface area (Å²) in [6, 6.07) is -0.0380. The molecule has 0 saturated carbocycles. The summed E-state index contributed by atoms with van der Waals surface area (Å²) in [6.45, 7) is 6.83. The second kappa shape index (κ2) is 8.72. The first kappa shape index (κ1) is 14.4. The first-order valence-electron chi connectivity index (χ1n) is 6.01. The Labute approximate surface area is 93.4 Å². The Hall–Kier alpha value is -0.570. The van der Waals surface area contributed by atoms with Gasteiger partial charge in [-0.25, -0.2) is 0 Å². The smallest absolute Gasteiger partial charge is 0.307 e. The number of hydrogen-bond donors (Lipinski definition) is 1. The number of ether oxygens (including phenoxy) is 1. The van der Waals surface area contributed by atoms with Gasteiger partial charge in [0.05, 0.1) is 13.0 Å². The summed E-state index contributed by atoms with van der Waals surface area (Å²) in [5.41, 5.74) is 5.75. The maximum atomic E-state index is 11.3. The summed E-state index contributed by atoms with van der Waals surface area (Å²) < 4.78 is 5.15. The van der Waals surface area contributed by atoms with Gasteiger partial charge in [-0.1, -0.05) is 33.6 Å². The van der Waals surface area contributed by atoms with Gasteiger partial charge >= 0.3 is 5.97 Å². The van der Waals surface area contributed by atoms with Gasteiger partial charge in [-0.3, -0.25) is 4.79 Å². The molecule has 0 aromatic heterocycles. The molecular formula is C12H25NO2. The van der Waals surface area contributed by atoms with E-state index in [9.17, 15) is 4.79 Å². The van der Waals surface area contributed by atoms with E-state index in [1.165, 1.54) is 0 Å². The van der Waals surface area contributed by atoms with Crippen LogP contribution in [0.3, 0.4) is 0 Å². The molecule has 0 spiro atoms. The average molecular weight is 215 g/mol. The van der Waals surface area contributed by atoms with Crippen molar-refractivity contribution in [1.29, 1.82) is 0 Å². The normalized spacial score (nSPS) is 14.7. The van der Waals surface area contributed by atoms with Gasteiger partial charge in [0.1, 0.15) is 0 Å². The minimum absolute atomic E-state index is 0.0380. The van der Waals surface area contributed by atoms with Crippen molar-refractivity contribution in [3.63, 3.8) is 0 Å². The number of carbonyl (C=O) groups excluding carboxylic acids is 1. The van der Waals surface area contributed by atoms with Gasteiger partial charge in [-0.2, -0.15) is 0 Å². The molecule has 90 valence electrons. The van der Waals surface area contributed by atoms with E-state index in [1.807, 2.05) is 0 Å². The molecule has 0 fully saturated rings. The van der Waals surface area contributed by atoms with Gasteiger partial charge in [0, 0.05) is 6.04 Å². The maximum Gasteiger partial charge on any atom is 0.307 e. The number of rotatable bonds is 8. The van der Waals surface area contributed by atoms with E-state index < -0.39 is 0 Å². The lowest BCUT2D eigenvalue weighted by atomic mass is 10.1. The Morgan fingerprint density at radius 1 is 1.27 bits per heavy atom. The second-order valence-electron chi connectivity index (χ2n) is 4.33. The molecule has 0 bridgehead atoms. The lowest BCUT2D eigenvalue weighted by molar-refractivity contribution is -0.145. The van der Waals surface area contributed by atoms with Gasteiger partial charge in [-0.15, -0.1) is 0 Å². The number of carbonyl (C=O) groups is 1. The summed E-state index contributed by atoms with van der Waals surface area (Å²) in [7, 11) is 0. The van der Waals surface area contributed by atoms with E-state index >= 15 is 0 Å². The third-order valence-corrected chi connectivity index (χ3v) is 2.40. The number of hydrogen-bond acceptors (Lipinski definition) is 3. The van der Waals surface area contributed by atoms with Crippen molar-refractivity contribution in [2.75, 3.05) is 6.61 Å². The molecule has 0 radical (unpaired) electrons. The molecule has 2 unspecified atom stereocenters. The molecule has 3 nitrogen and oxygen atoms in total. The predicted octanol–water partition coefficient (Wildman–Crippen LogP) is 2.48. The van der Waals surface area contributed by atoms with Gasteiger partial charge in [0.2, 0.25) is 0 Å². The number of nitrogens with two attached hydrogens (primary N) is 1. The summed E-state index contributed by atoms with van der Waals surface area (Å²) in [5, 5.41) is 0. The van der Waals surface area contributed by atoms with E-state index in [1.54, 1.807) is 0 Å². The van der Waals surface area contributed by atoms with Crippen molar-refractivity contribution in [3.8, 4) is 0 Å². The van der Waals surface area contributed by atoms with Crippen LogP contribution in [0.2, 0.25) is 0 Å². The Balaban J connectivity index is 3.56. The lowest BCUT2D eigenvalue weighted by Crippen LogP contribution is -2.25. The molecular weight excluding hydrogens is 190 g/mol. The molecule has 0 saturated heterocycles. The van der Waals surface area contributed by atoms with Gasteiger partial charge < -0.3 is 10.5 Å². The fourth-order valence-corrected chi connectivity index (χ4v) is 1.56. The van der Waals surface area contributed by atoms with Crippen LogP contribution in [0.5, 0.6) is 0 Å². The molecule has 2 N–H and O–H groups in total. The lowest BCUT2D eigenvalue weighted by Gasteiger charge is -2.13. The van der Waals surface area contributed by atoms with Crippen molar-refractivity contribution in [2.24, 2.45) is 11.7 Å². The zero-order valence-electron chi connectivity index (χ0n) is 10.3. The molecule has 0 aromatic rings. The topological polar surface area (TPSA) is 52.3 Å². The Bertz CT molecular complexity index is 171. The van der Waals surface area contributed by atoms with Crippen LogP contribution in [0.25, 0.3) is 0 Å². The standard InChI is InChI=1S/C12H25NO2/c1-4-6-10(3)9-15-12(14)8-11(13)7-5-2/h10-11H,4-9,13H2,1-3H3. The van der Waals surface area contributed by atoms with Crippen LogP contribution in [0.4, 0.5) is 0 Å². The fourth-order valence-electron chi connectivity index (χ4n) is 1.56. The van der Waals surface area contributed by atoms with E-state index in [4.69, 9.17) is 10.5 Å². The molecule has 3 heteroatoms. The quantitative estimate of drug-likeness (QED) is 0.633. The van der Waals surface area contributed by atoms with Crippen LogP contribution in [0, 0.1) is 5.92 Å². The van der Waals surface area contributed by atoms with E-state index in [0.29, 0.717) is 18.9 Å². The Morgan fingerprint density at radius 3 is 2.40 bits per heavy atom. The number of esters is 1. The third kappa shape index (κ3) is 8.43. The predicted molar refractivity (Wildman–Crippen MR) is 62.5 cm³/mol. The van der Waals surface area contributed by atoms with Crippen LogP contribution in [0.15, 0.2) is 0 Å². The molecule has 0 amide bonds. The van der Waals surface area contributed by atoms with Crippen molar-refractivity contribution in [3.05, 3.63) is 0 Å². The molecule has 0 aliphatic carbocycles. The van der Waals surface area contributed by atoms with Crippen molar-refractivity contribution >= 4 is 5.97 Å². The molecule has 0 aliphatic rings. The first-order chi connectivity index (χ1) is 7.10. The van der Waals surface area contributed by atoms with Crippen LogP contribution >= 0.6 is 0 Å². The first-order valence-corrected chi connectivity index (χ1v) is 6.01. The Kier molecular flexibility index (Phi) is 8.38.